The zero-order valence-corrected chi connectivity index (χ0v) is 13.1. The minimum Gasteiger partial charge on any atom is -0.496 e. The number of methoxy groups -OCH3 is 1. The van der Waals surface area contributed by atoms with Gasteiger partial charge in [0.25, 0.3) is 0 Å². The standard InChI is InChI=1S/C16H15BrO3/c1-9-4-6-13(15(20-3)10(9)2)12-7-5-11(17)8-14(12)16(18)19/h4-8H,1-3H3,(H,18,19). The Morgan fingerprint density at radius 1 is 1.15 bits per heavy atom. The molecule has 0 aromatic heterocycles. The van der Waals surface area contributed by atoms with Gasteiger partial charge in [-0.2, -0.15) is 0 Å². The monoisotopic (exact) mass is 334 g/mol. The van der Waals surface area contributed by atoms with Crippen LogP contribution in [0.3, 0.4) is 0 Å². The van der Waals surface area contributed by atoms with Gasteiger partial charge in [0.2, 0.25) is 0 Å². The smallest absolute Gasteiger partial charge is 0.336 e. The third-order valence-corrected chi connectivity index (χ3v) is 3.88. The molecule has 104 valence electrons. The van der Waals surface area contributed by atoms with Crippen LogP contribution in [-0.4, -0.2) is 18.2 Å². The third kappa shape index (κ3) is 2.56. The van der Waals surface area contributed by atoms with E-state index in [0.717, 1.165) is 26.9 Å². The Hall–Kier alpha value is -1.81. The number of hydrogen-bond acceptors (Lipinski definition) is 2. The number of rotatable bonds is 3. The molecule has 0 radical (unpaired) electrons. The highest BCUT2D eigenvalue weighted by atomic mass is 79.9. The van der Waals surface area contributed by atoms with Crippen LogP contribution in [-0.2, 0) is 0 Å². The van der Waals surface area contributed by atoms with Crippen molar-refractivity contribution in [2.24, 2.45) is 0 Å². The molecule has 0 spiro atoms. The number of carboxylic acid groups (broad SMARTS) is 1. The summed E-state index contributed by atoms with van der Waals surface area (Å²) in [5.41, 5.74) is 3.82. The molecule has 20 heavy (non-hydrogen) atoms. The van der Waals surface area contributed by atoms with Crippen LogP contribution >= 0.6 is 15.9 Å². The molecular weight excluding hydrogens is 320 g/mol. The summed E-state index contributed by atoms with van der Waals surface area (Å²) in [5.74, 6) is -0.239. The van der Waals surface area contributed by atoms with E-state index in [1.54, 1.807) is 19.2 Å². The van der Waals surface area contributed by atoms with Crippen molar-refractivity contribution in [2.75, 3.05) is 7.11 Å². The predicted molar refractivity (Wildman–Crippen MR) is 82.6 cm³/mol. The summed E-state index contributed by atoms with van der Waals surface area (Å²) in [7, 11) is 1.60. The first kappa shape index (κ1) is 14.6. The molecule has 3 nitrogen and oxygen atoms in total. The number of aryl methyl sites for hydroxylation is 1. The highest BCUT2D eigenvalue weighted by Crippen LogP contribution is 2.37. The molecule has 0 atom stereocenters. The largest absolute Gasteiger partial charge is 0.496 e. The van der Waals surface area contributed by atoms with Crippen LogP contribution in [0.5, 0.6) is 5.75 Å². The minimum atomic E-state index is -0.957. The van der Waals surface area contributed by atoms with Crippen LogP contribution in [0, 0.1) is 13.8 Å². The molecule has 4 heteroatoms. The van der Waals surface area contributed by atoms with Gasteiger partial charge in [0.05, 0.1) is 12.7 Å². The summed E-state index contributed by atoms with van der Waals surface area (Å²) in [6.07, 6.45) is 0. The lowest BCUT2D eigenvalue weighted by Crippen LogP contribution is -2.01. The van der Waals surface area contributed by atoms with E-state index < -0.39 is 5.97 Å². The van der Waals surface area contributed by atoms with Gasteiger partial charge >= 0.3 is 5.97 Å². The Morgan fingerprint density at radius 3 is 2.40 bits per heavy atom. The maximum Gasteiger partial charge on any atom is 0.336 e. The average Bonchev–Trinajstić information content (AvgIpc) is 2.41. The van der Waals surface area contributed by atoms with Crippen molar-refractivity contribution in [2.45, 2.75) is 13.8 Å². The number of hydrogen-bond donors (Lipinski definition) is 1. The number of halogens is 1. The molecule has 0 bridgehead atoms. The maximum atomic E-state index is 11.4. The Balaban J connectivity index is 2.75. The van der Waals surface area contributed by atoms with Gasteiger partial charge in [-0.25, -0.2) is 4.79 Å². The van der Waals surface area contributed by atoms with Gasteiger partial charge < -0.3 is 9.84 Å². The van der Waals surface area contributed by atoms with E-state index in [1.165, 1.54) is 0 Å². The molecule has 0 unspecified atom stereocenters. The summed E-state index contributed by atoms with van der Waals surface area (Å²) in [4.78, 5) is 11.4. The maximum absolute atomic E-state index is 11.4. The number of carbonyl (C=O) groups is 1. The van der Waals surface area contributed by atoms with Crippen LogP contribution in [0.1, 0.15) is 21.5 Å². The molecule has 1 N–H and O–H groups in total. The number of carboxylic acids is 1. The van der Waals surface area contributed by atoms with Crippen LogP contribution in [0.4, 0.5) is 0 Å². The summed E-state index contributed by atoms with van der Waals surface area (Å²) in [6, 6.07) is 9.10. The second-order valence-electron chi connectivity index (χ2n) is 4.58. The molecule has 0 fully saturated rings. The Morgan fingerprint density at radius 2 is 1.80 bits per heavy atom. The molecule has 0 amide bonds. The van der Waals surface area contributed by atoms with Gasteiger partial charge in [0, 0.05) is 10.0 Å². The van der Waals surface area contributed by atoms with Gasteiger partial charge in [-0.15, -0.1) is 0 Å². The Labute approximate surface area is 126 Å². The van der Waals surface area contributed by atoms with E-state index in [9.17, 15) is 9.90 Å². The van der Waals surface area contributed by atoms with E-state index >= 15 is 0 Å². The zero-order valence-electron chi connectivity index (χ0n) is 11.5. The SMILES string of the molecule is COc1c(-c2ccc(Br)cc2C(=O)O)ccc(C)c1C. The Kier molecular flexibility index (Phi) is 4.14. The summed E-state index contributed by atoms with van der Waals surface area (Å²) in [5, 5.41) is 9.38. The zero-order chi connectivity index (χ0) is 14.9. The number of aromatic carboxylic acids is 1. The quantitative estimate of drug-likeness (QED) is 0.902. The van der Waals surface area contributed by atoms with Crippen molar-refractivity contribution in [3.63, 3.8) is 0 Å². The van der Waals surface area contributed by atoms with E-state index in [-0.39, 0.29) is 5.56 Å². The lowest BCUT2D eigenvalue weighted by Gasteiger charge is -2.15. The fourth-order valence-corrected chi connectivity index (χ4v) is 2.55. The fourth-order valence-electron chi connectivity index (χ4n) is 2.19. The molecule has 0 aliphatic rings. The Bertz CT molecular complexity index is 678. The van der Waals surface area contributed by atoms with E-state index in [0.29, 0.717) is 5.56 Å². The molecular formula is C16H15BrO3. The van der Waals surface area contributed by atoms with Crippen LogP contribution in [0.2, 0.25) is 0 Å². The highest BCUT2D eigenvalue weighted by molar-refractivity contribution is 9.10. The highest BCUT2D eigenvalue weighted by Gasteiger charge is 2.17. The van der Waals surface area contributed by atoms with E-state index in [1.807, 2.05) is 32.0 Å². The minimum absolute atomic E-state index is 0.251. The van der Waals surface area contributed by atoms with Gasteiger partial charge in [-0.3, -0.25) is 0 Å². The van der Waals surface area contributed by atoms with E-state index in [2.05, 4.69) is 15.9 Å². The summed E-state index contributed by atoms with van der Waals surface area (Å²) < 4.78 is 6.21. The van der Waals surface area contributed by atoms with Crippen molar-refractivity contribution in [1.82, 2.24) is 0 Å². The van der Waals surface area contributed by atoms with Gasteiger partial charge in [-0.05, 0) is 42.7 Å². The third-order valence-electron chi connectivity index (χ3n) is 3.38. The second kappa shape index (κ2) is 5.67. The van der Waals surface area contributed by atoms with Gasteiger partial charge in [-0.1, -0.05) is 34.1 Å². The normalized spacial score (nSPS) is 10.4. The molecule has 0 aliphatic heterocycles. The summed E-state index contributed by atoms with van der Waals surface area (Å²) >= 11 is 3.30. The molecule has 2 aromatic carbocycles. The van der Waals surface area contributed by atoms with Gasteiger partial charge in [0.1, 0.15) is 5.75 Å². The van der Waals surface area contributed by atoms with Crippen LogP contribution in [0.15, 0.2) is 34.8 Å². The molecule has 2 rings (SSSR count). The lowest BCUT2D eigenvalue weighted by atomic mass is 9.95. The predicted octanol–water partition coefficient (Wildman–Crippen LogP) is 4.44. The van der Waals surface area contributed by atoms with Gasteiger partial charge in [0.15, 0.2) is 0 Å². The summed E-state index contributed by atoms with van der Waals surface area (Å²) in [6.45, 7) is 3.97. The van der Waals surface area contributed by atoms with Crippen molar-refractivity contribution >= 4 is 21.9 Å². The second-order valence-corrected chi connectivity index (χ2v) is 5.50. The lowest BCUT2D eigenvalue weighted by molar-refractivity contribution is 0.0697. The first-order valence-electron chi connectivity index (χ1n) is 6.13. The average molecular weight is 335 g/mol. The first-order chi connectivity index (χ1) is 9.45. The number of ether oxygens (including phenoxy) is 1. The van der Waals surface area contributed by atoms with Crippen molar-refractivity contribution in [3.05, 3.63) is 51.5 Å². The van der Waals surface area contributed by atoms with Crippen LogP contribution < -0.4 is 4.74 Å². The van der Waals surface area contributed by atoms with Crippen LogP contribution in [0.25, 0.3) is 11.1 Å². The van der Waals surface area contributed by atoms with E-state index in [4.69, 9.17) is 4.74 Å². The molecule has 0 saturated carbocycles. The molecule has 2 aromatic rings. The molecule has 0 aliphatic carbocycles. The topological polar surface area (TPSA) is 46.5 Å². The first-order valence-corrected chi connectivity index (χ1v) is 6.92. The van der Waals surface area contributed by atoms with Crippen molar-refractivity contribution < 1.29 is 14.6 Å². The van der Waals surface area contributed by atoms with Crippen molar-refractivity contribution in [1.29, 1.82) is 0 Å². The number of benzene rings is 2. The molecule has 0 saturated heterocycles. The fraction of sp³-hybridized carbons (Fsp3) is 0.188. The molecule has 0 heterocycles. The van der Waals surface area contributed by atoms with Crippen molar-refractivity contribution in [3.8, 4) is 16.9 Å².